The van der Waals surface area contributed by atoms with Crippen molar-refractivity contribution in [1.82, 2.24) is 19.2 Å². The predicted molar refractivity (Wildman–Crippen MR) is 130 cm³/mol. The lowest BCUT2D eigenvalue weighted by atomic mass is 10.1. The van der Waals surface area contributed by atoms with E-state index >= 15 is 0 Å². The standard InChI is InChI=1S/C25H22N4O4S/c1-14-9-10-18(15(2)13-14)28-22(30)17-7-5-6-8-19(17)29-24(28)26-27-25(29)34-16(3)20-11-12-21(33-20)23(31)32-4/h5-13,16H,1-4H3. The lowest BCUT2D eigenvalue weighted by molar-refractivity contribution is 0.0563. The van der Waals surface area contributed by atoms with Crippen LogP contribution in [0.2, 0.25) is 0 Å². The van der Waals surface area contributed by atoms with Crippen molar-refractivity contribution < 1.29 is 13.9 Å². The molecule has 0 aliphatic carbocycles. The third-order valence-corrected chi connectivity index (χ3v) is 6.75. The molecule has 0 N–H and O–H groups in total. The highest BCUT2D eigenvalue weighted by atomic mass is 32.2. The van der Waals surface area contributed by atoms with Gasteiger partial charge in [-0.2, -0.15) is 0 Å². The highest BCUT2D eigenvalue weighted by molar-refractivity contribution is 7.99. The SMILES string of the molecule is COC(=O)c1ccc(C(C)Sc2nnc3n(-c4ccc(C)cc4C)c(=O)c4ccccc4n23)o1. The first kappa shape index (κ1) is 22.0. The van der Waals surface area contributed by atoms with Gasteiger partial charge >= 0.3 is 5.97 Å². The quantitative estimate of drug-likeness (QED) is 0.265. The Labute approximate surface area is 199 Å². The number of aromatic nitrogens is 4. The number of fused-ring (bicyclic) bond motifs is 3. The normalized spacial score (nSPS) is 12.4. The monoisotopic (exact) mass is 474 g/mol. The third kappa shape index (κ3) is 3.58. The topological polar surface area (TPSA) is 91.6 Å². The summed E-state index contributed by atoms with van der Waals surface area (Å²) < 4.78 is 13.9. The molecule has 0 saturated carbocycles. The number of esters is 1. The van der Waals surface area contributed by atoms with Crippen LogP contribution in [-0.4, -0.2) is 32.2 Å². The van der Waals surface area contributed by atoms with E-state index in [1.165, 1.54) is 18.9 Å². The second-order valence-corrected chi connectivity index (χ2v) is 9.33. The minimum Gasteiger partial charge on any atom is -0.463 e. The second-order valence-electron chi connectivity index (χ2n) is 8.02. The maximum absolute atomic E-state index is 13.5. The van der Waals surface area contributed by atoms with Crippen molar-refractivity contribution in [3.63, 3.8) is 0 Å². The van der Waals surface area contributed by atoms with Gasteiger partial charge in [0.1, 0.15) is 5.76 Å². The van der Waals surface area contributed by atoms with Gasteiger partial charge in [-0.1, -0.05) is 41.6 Å². The maximum atomic E-state index is 13.5. The number of furan rings is 1. The molecule has 8 nitrogen and oxygen atoms in total. The van der Waals surface area contributed by atoms with E-state index in [2.05, 4.69) is 10.2 Å². The number of carbonyl (C=O) groups excluding carboxylic acids is 1. The molecule has 34 heavy (non-hydrogen) atoms. The average molecular weight is 475 g/mol. The highest BCUT2D eigenvalue weighted by Crippen LogP contribution is 2.36. The number of ether oxygens (including phenoxy) is 1. The molecule has 0 saturated heterocycles. The van der Waals surface area contributed by atoms with Crippen molar-refractivity contribution in [3.8, 4) is 5.69 Å². The molecule has 9 heteroatoms. The van der Waals surface area contributed by atoms with Gasteiger partial charge in [-0.3, -0.25) is 9.20 Å². The molecule has 172 valence electrons. The number of hydrogen-bond acceptors (Lipinski definition) is 7. The fraction of sp³-hybridized carbons (Fsp3) is 0.200. The lowest BCUT2D eigenvalue weighted by Crippen LogP contribution is -2.22. The number of thioether (sulfide) groups is 1. The number of aryl methyl sites for hydroxylation is 2. The van der Waals surface area contributed by atoms with Gasteiger partial charge in [-0.15, -0.1) is 10.2 Å². The van der Waals surface area contributed by atoms with E-state index in [1.807, 2.05) is 67.6 Å². The average Bonchev–Trinajstić information content (AvgIpc) is 3.48. The van der Waals surface area contributed by atoms with Crippen LogP contribution >= 0.6 is 11.8 Å². The Bertz CT molecular complexity index is 1610. The fourth-order valence-electron chi connectivity index (χ4n) is 4.03. The lowest BCUT2D eigenvalue weighted by Gasteiger charge is -2.14. The van der Waals surface area contributed by atoms with Gasteiger partial charge in [0.25, 0.3) is 5.56 Å². The summed E-state index contributed by atoms with van der Waals surface area (Å²) in [6.07, 6.45) is 0. The van der Waals surface area contributed by atoms with Gasteiger partial charge in [-0.25, -0.2) is 9.36 Å². The largest absolute Gasteiger partial charge is 0.463 e. The van der Waals surface area contributed by atoms with Crippen molar-refractivity contribution >= 4 is 34.4 Å². The van der Waals surface area contributed by atoms with Crippen LogP contribution in [0.1, 0.15) is 39.6 Å². The van der Waals surface area contributed by atoms with Gasteiger partial charge in [0.05, 0.1) is 29.0 Å². The number of nitrogens with zero attached hydrogens (tertiary/aromatic N) is 4. The second kappa shape index (κ2) is 8.49. The van der Waals surface area contributed by atoms with Crippen molar-refractivity contribution in [2.45, 2.75) is 31.2 Å². The third-order valence-electron chi connectivity index (χ3n) is 5.68. The summed E-state index contributed by atoms with van der Waals surface area (Å²) in [4.78, 5) is 25.3. The molecule has 0 amide bonds. The van der Waals surface area contributed by atoms with Crippen LogP contribution in [0.15, 0.2) is 69.0 Å². The van der Waals surface area contributed by atoms with Crippen LogP contribution in [0.3, 0.4) is 0 Å². The minimum absolute atomic E-state index is 0.144. The van der Waals surface area contributed by atoms with Crippen molar-refractivity contribution in [2.75, 3.05) is 7.11 Å². The van der Waals surface area contributed by atoms with Crippen LogP contribution in [0.25, 0.3) is 22.4 Å². The summed E-state index contributed by atoms with van der Waals surface area (Å²) in [5, 5.41) is 9.83. The molecule has 0 aliphatic heterocycles. The molecule has 0 aliphatic rings. The molecule has 1 atom stereocenters. The van der Waals surface area contributed by atoms with Crippen LogP contribution in [0, 0.1) is 13.8 Å². The maximum Gasteiger partial charge on any atom is 0.373 e. The summed E-state index contributed by atoms with van der Waals surface area (Å²) in [7, 11) is 1.31. The molecule has 5 rings (SSSR count). The van der Waals surface area contributed by atoms with E-state index in [-0.39, 0.29) is 16.6 Å². The smallest absolute Gasteiger partial charge is 0.373 e. The predicted octanol–water partition coefficient (Wildman–Crippen LogP) is 4.88. The summed E-state index contributed by atoms with van der Waals surface area (Å²) >= 11 is 1.42. The minimum atomic E-state index is -0.528. The van der Waals surface area contributed by atoms with E-state index in [0.717, 1.165) is 22.3 Å². The van der Waals surface area contributed by atoms with E-state index in [0.29, 0.717) is 22.1 Å². The van der Waals surface area contributed by atoms with Crippen molar-refractivity contribution in [3.05, 3.63) is 87.6 Å². The fourth-order valence-corrected chi connectivity index (χ4v) is 4.96. The number of benzene rings is 2. The molecule has 5 aromatic rings. The van der Waals surface area contributed by atoms with Crippen molar-refractivity contribution in [2.24, 2.45) is 0 Å². The van der Waals surface area contributed by atoms with Gasteiger partial charge in [0.15, 0.2) is 5.16 Å². The first-order valence-electron chi connectivity index (χ1n) is 10.7. The molecular formula is C25H22N4O4S. The zero-order chi connectivity index (χ0) is 24.0. The molecule has 0 bridgehead atoms. The van der Waals surface area contributed by atoms with Gasteiger partial charge in [0.2, 0.25) is 11.5 Å². The van der Waals surface area contributed by atoms with E-state index in [9.17, 15) is 9.59 Å². The Morgan fingerprint density at radius 3 is 2.65 bits per heavy atom. The van der Waals surface area contributed by atoms with E-state index in [4.69, 9.17) is 9.15 Å². The van der Waals surface area contributed by atoms with E-state index < -0.39 is 5.97 Å². The van der Waals surface area contributed by atoms with Crippen LogP contribution in [-0.2, 0) is 4.74 Å². The number of hydrogen-bond donors (Lipinski definition) is 0. The molecule has 3 aromatic heterocycles. The highest BCUT2D eigenvalue weighted by Gasteiger charge is 2.22. The Kier molecular flexibility index (Phi) is 5.49. The number of para-hydroxylation sites is 1. The zero-order valence-corrected chi connectivity index (χ0v) is 19.9. The Balaban J connectivity index is 1.68. The molecule has 3 heterocycles. The molecule has 0 radical (unpaired) electrons. The summed E-state index contributed by atoms with van der Waals surface area (Å²) in [5.74, 6) is 0.652. The molecule has 0 fully saturated rings. The van der Waals surface area contributed by atoms with Gasteiger partial charge in [0, 0.05) is 0 Å². The summed E-state index contributed by atoms with van der Waals surface area (Å²) in [6.45, 7) is 5.95. The number of rotatable bonds is 5. The first-order valence-corrected chi connectivity index (χ1v) is 11.6. The molecule has 1 unspecified atom stereocenters. The Hall–Kier alpha value is -3.85. The zero-order valence-electron chi connectivity index (χ0n) is 19.1. The van der Waals surface area contributed by atoms with Crippen LogP contribution in [0.4, 0.5) is 0 Å². The van der Waals surface area contributed by atoms with Gasteiger partial charge < -0.3 is 9.15 Å². The first-order chi connectivity index (χ1) is 16.4. The van der Waals surface area contributed by atoms with Gasteiger partial charge in [-0.05, 0) is 56.7 Å². The Morgan fingerprint density at radius 2 is 1.88 bits per heavy atom. The number of carbonyl (C=O) groups is 1. The van der Waals surface area contributed by atoms with Crippen LogP contribution < -0.4 is 5.56 Å². The Morgan fingerprint density at radius 1 is 1.09 bits per heavy atom. The molecule has 0 spiro atoms. The summed E-state index contributed by atoms with van der Waals surface area (Å²) in [5.41, 5.74) is 3.41. The van der Waals surface area contributed by atoms with E-state index in [1.54, 1.807) is 16.7 Å². The van der Waals surface area contributed by atoms with Crippen molar-refractivity contribution in [1.29, 1.82) is 0 Å². The molecular weight excluding hydrogens is 452 g/mol. The number of methoxy groups -OCH3 is 1. The molecule has 2 aromatic carbocycles. The summed E-state index contributed by atoms with van der Waals surface area (Å²) in [6, 6.07) is 16.7. The van der Waals surface area contributed by atoms with Crippen LogP contribution in [0.5, 0.6) is 0 Å².